The van der Waals surface area contributed by atoms with Gasteiger partial charge in [-0.2, -0.15) is 0 Å². The van der Waals surface area contributed by atoms with Crippen LogP contribution in [-0.2, 0) is 0 Å². The van der Waals surface area contributed by atoms with Gasteiger partial charge in [-0.1, -0.05) is 0 Å². The maximum atomic E-state index is 5.79. The minimum absolute atomic E-state index is 0.265. The Morgan fingerprint density at radius 1 is 1.12 bits per heavy atom. The Kier molecular flexibility index (Phi) is 1.98. The van der Waals surface area contributed by atoms with Crippen LogP contribution in [0.15, 0.2) is 36.7 Å². The normalized spacial score (nSPS) is 10.8. The van der Waals surface area contributed by atoms with E-state index in [0.29, 0.717) is 0 Å². The fraction of sp³-hybridized carbons (Fsp3) is 0. The number of anilines is 2. The van der Waals surface area contributed by atoms with Crippen LogP contribution < -0.4 is 11.5 Å². The zero-order valence-electron chi connectivity index (χ0n) is 9.01. The fourth-order valence-electron chi connectivity index (χ4n) is 1.87. The van der Waals surface area contributed by atoms with Crippen molar-refractivity contribution in [3.05, 3.63) is 36.7 Å². The topological polar surface area (TPSA) is 93.6 Å². The minimum Gasteiger partial charge on any atom is -0.399 e. The van der Waals surface area contributed by atoms with Crippen molar-refractivity contribution in [3.63, 3.8) is 0 Å². The Morgan fingerprint density at radius 2 is 2.00 bits per heavy atom. The molecule has 5 heteroatoms. The summed E-state index contributed by atoms with van der Waals surface area (Å²) < 4.78 is 0. The van der Waals surface area contributed by atoms with Crippen molar-refractivity contribution in [2.24, 2.45) is 0 Å². The maximum absolute atomic E-state index is 5.79. The molecule has 0 saturated carbocycles. The molecule has 0 aliphatic rings. The maximum Gasteiger partial charge on any atom is 0.220 e. The number of rotatable bonds is 1. The van der Waals surface area contributed by atoms with Crippen molar-refractivity contribution in [1.29, 1.82) is 0 Å². The van der Waals surface area contributed by atoms with E-state index in [1.54, 1.807) is 6.20 Å². The molecule has 5 N–H and O–H groups in total. The highest BCUT2D eigenvalue weighted by molar-refractivity contribution is 5.96. The van der Waals surface area contributed by atoms with Crippen LogP contribution in [0.5, 0.6) is 0 Å². The Bertz CT molecular complexity index is 686. The number of nitrogens with two attached hydrogens (primary N) is 2. The van der Waals surface area contributed by atoms with Crippen LogP contribution in [0.2, 0.25) is 0 Å². The summed E-state index contributed by atoms with van der Waals surface area (Å²) in [6, 6.07) is 7.54. The number of hydrogen-bond donors (Lipinski definition) is 3. The molecule has 0 amide bonds. The highest BCUT2D eigenvalue weighted by Gasteiger charge is 2.07. The van der Waals surface area contributed by atoms with Gasteiger partial charge >= 0.3 is 0 Å². The molecule has 0 unspecified atom stereocenters. The van der Waals surface area contributed by atoms with E-state index in [4.69, 9.17) is 11.5 Å². The van der Waals surface area contributed by atoms with Crippen LogP contribution >= 0.6 is 0 Å². The number of nitrogen functional groups attached to an aromatic ring is 2. The lowest BCUT2D eigenvalue weighted by Gasteiger charge is -2.00. The van der Waals surface area contributed by atoms with Gasteiger partial charge in [-0.05, 0) is 24.3 Å². The van der Waals surface area contributed by atoms with E-state index in [9.17, 15) is 0 Å². The number of H-pyrrole nitrogens is 1. The zero-order valence-corrected chi connectivity index (χ0v) is 9.01. The quantitative estimate of drug-likeness (QED) is 0.550. The average molecular weight is 225 g/mol. The van der Waals surface area contributed by atoms with Crippen LogP contribution in [0.4, 0.5) is 11.6 Å². The third-order valence-corrected chi connectivity index (χ3v) is 2.66. The lowest BCUT2D eigenvalue weighted by molar-refractivity contribution is 1.19. The zero-order chi connectivity index (χ0) is 11.8. The second-order valence-corrected chi connectivity index (χ2v) is 3.81. The molecule has 0 aliphatic heterocycles. The van der Waals surface area contributed by atoms with E-state index >= 15 is 0 Å². The molecule has 1 aromatic carbocycles. The predicted molar refractivity (Wildman–Crippen MR) is 68.1 cm³/mol. The number of nitrogens with zero attached hydrogens (tertiary/aromatic N) is 2. The SMILES string of the molecule is Nc1ccc2[nH]cc(-c3ccnc(N)n3)c2c1. The summed E-state index contributed by atoms with van der Waals surface area (Å²) in [4.78, 5) is 11.3. The van der Waals surface area contributed by atoms with Crippen molar-refractivity contribution < 1.29 is 0 Å². The van der Waals surface area contributed by atoms with Gasteiger partial charge in [0.2, 0.25) is 5.95 Å². The first-order chi connectivity index (χ1) is 8.24. The first kappa shape index (κ1) is 9.65. The molecule has 2 aromatic heterocycles. The lowest BCUT2D eigenvalue weighted by atomic mass is 10.1. The molecule has 3 aromatic rings. The highest BCUT2D eigenvalue weighted by Crippen LogP contribution is 2.28. The summed E-state index contributed by atoms with van der Waals surface area (Å²) in [5, 5.41) is 1.03. The highest BCUT2D eigenvalue weighted by atomic mass is 15.0. The number of fused-ring (bicyclic) bond motifs is 1. The Hall–Kier alpha value is -2.56. The summed E-state index contributed by atoms with van der Waals surface area (Å²) in [5.41, 5.74) is 14.9. The van der Waals surface area contributed by atoms with Crippen LogP contribution in [0.25, 0.3) is 22.2 Å². The van der Waals surface area contributed by atoms with E-state index in [-0.39, 0.29) is 5.95 Å². The molecule has 0 fully saturated rings. The van der Waals surface area contributed by atoms with Gasteiger partial charge in [0.15, 0.2) is 0 Å². The number of benzene rings is 1. The second kappa shape index (κ2) is 3.48. The van der Waals surface area contributed by atoms with Crippen molar-refractivity contribution in [1.82, 2.24) is 15.0 Å². The summed E-state index contributed by atoms with van der Waals surface area (Å²) in [5.74, 6) is 0.265. The van der Waals surface area contributed by atoms with Gasteiger partial charge in [-0.3, -0.25) is 0 Å². The first-order valence-electron chi connectivity index (χ1n) is 5.19. The molecule has 0 spiro atoms. The molecular weight excluding hydrogens is 214 g/mol. The first-order valence-corrected chi connectivity index (χ1v) is 5.19. The average Bonchev–Trinajstić information content (AvgIpc) is 2.71. The Balaban J connectivity index is 2.27. The standard InChI is InChI=1S/C12H11N5/c13-7-1-2-10-8(5-7)9(6-16-10)11-3-4-15-12(14)17-11/h1-6,16H,13H2,(H2,14,15,17). The summed E-state index contributed by atoms with van der Waals surface area (Å²) in [7, 11) is 0. The van der Waals surface area contributed by atoms with Crippen molar-refractivity contribution >= 4 is 22.5 Å². The van der Waals surface area contributed by atoms with Crippen LogP contribution in [0.3, 0.4) is 0 Å². The molecule has 0 atom stereocenters. The van der Waals surface area contributed by atoms with Crippen molar-refractivity contribution in [3.8, 4) is 11.3 Å². The van der Waals surface area contributed by atoms with Gasteiger partial charge in [-0.15, -0.1) is 0 Å². The molecule has 2 heterocycles. The number of aromatic amines is 1. The van der Waals surface area contributed by atoms with Gasteiger partial charge in [0.1, 0.15) is 0 Å². The fourth-order valence-corrected chi connectivity index (χ4v) is 1.87. The molecule has 3 rings (SSSR count). The van der Waals surface area contributed by atoms with E-state index in [1.165, 1.54) is 0 Å². The van der Waals surface area contributed by atoms with E-state index < -0.39 is 0 Å². The molecule has 17 heavy (non-hydrogen) atoms. The number of aromatic nitrogens is 3. The lowest BCUT2D eigenvalue weighted by Crippen LogP contribution is -1.94. The largest absolute Gasteiger partial charge is 0.399 e. The van der Waals surface area contributed by atoms with Crippen LogP contribution in [-0.4, -0.2) is 15.0 Å². The number of nitrogens with one attached hydrogen (secondary N) is 1. The molecule has 0 saturated heterocycles. The molecular formula is C12H11N5. The van der Waals surface area contributed by atoms with Gasteiger partial charge < -0.3 is 16.5 Å². The van der Waals surface area contributed by atoms with E-state index in [0.717, 1.165) is 27.8 Å². The molecule has 84 valence electrons. The monoisotopic (exact) mass is 225 g/mol. The third-order valence-electron chi connectivity index (χ3n) is 2.66. The Labute approximate surface area is 97.5 Å². The van der Waals surface area contributed by atoms with Crippen LogP contribution in [0, 0.1) is 0 Å². The summed E-state index contributed by atoms with van der Waals surface area (Å²) >= 11 is 0. The molecule has 0 bridgehead atoms. The smallest absolute Gasteiger partial charge is 0.220 e. The summed E-state index contributed by atoms with van der Waals surface area (Å²) in [6.45, 7) is 0. The number of hydrogen-bond acceptors (Lipinski definition) is 4. The molecule has 5 nitrogen and oxygen atoms in total. The van der Waals surface area contributed by atoms with Gasteiger partial charge in [0, 0.05) is 34.5 Å². The van der Waals surface area contributed by atoms with Crippen molar-refractivity contribution in [2.45, 2.75) is 0 Å². The predicted octanol–water partition coefficient (Wildman–Crippen LogP) is 1.79. The van der Waals surface area contributed by atoms with E-state index in [1.807, 2.05) is 30.5 Å². The molecule has 0 radical (unpaired) electrons. The second-order valence-electron chi connectivity index (χ2n) is 3.81. The summed E-state index contributed by atoms with van der Waals surface area (Å²) in [6.07, 6.45) is 3.54. The van der Waals surface area contributed by atoms with Gasteiger partial charge in [0.05, 0.1) is 5.69 Å². The minimum atomic E-state index is 0.265. The third kappa shape index (κ3) is 1.57. The van der Waals surface area contributed by atoms with Gasteiger partial charge in [-0.25, -0.2) is 9.97 Å². The van der Waals surface area contributed by atoms with Gasteiger partial charge in [0.25, 0.3) is 0 Å². The Morgan fingerprint density at radius 3 is 2.82 bits per heavy atom. The molecule has 0 aliphatic carbocycles. The van der Waals surface area contributed by atoms with Crippen LogP contribution in [0.1, 0.15) is 0 Å². The van der Waals surface area contributed by atoms with E-state index in [2.05, 4.69) is 15.0 Å². The van der Waals surface area contributed by atoms with Crippen molar-refractivity contribution in [2.75, 3.05) is 11.5 Å².